The van der Waals surface area contributed by atoms with E-state index in [2.05, 4.69) is 9.62 Å². The minimum atomic E-state index is -3.98. The van der Waals surface area contributed by atoms with Gasteiger partial charge in [0.1, 0.15) is 6.04 Å². The minimum absolute atomic E-state index is 0.00391. The van der Waals surface area contributed by atoms with Gasteiger partial charge in [-0.15, -0.1) is 0 Å². The number of carbonyl (C=O) groups is 2. The molecule has 11 nitrogen and oxygen atoms in total. The van der Waals surface area contributed by atoms with Crippen molar-refractivity contribution in [2.45, 2.75) is 68.5 Å². The first-order valence-electron chi connectivity index (χ1n) is 15.4. The van der Waals surface area contributed by atoms with Gasteiger partial charge < -0.3 is 9.80 Å². The SMILES string of the molecule is CCCS(=O)(=O)N(C)C1CCN(CC2CCCN2C(=O)CN2CCCC(NS(=O)(=O)c3ccc4cc(Cl)ccc4c3)C2=O)C1. The number of benzene rings is 2. The van der Waals surface area contributed by atoms with Crippen molar-refractivity contribution in [3.63, 3.8) is 0 Å². The summed E-state index contributed by atoms with van der Waals surface area (Å²) in [5.41, 5.74) is 0. The summed E-state index contributed by atoms with van der Waals surface area (Å²) in [7, 11) is -5.60. The zero-order chi connectivity index (χ0) is 31.6. The molecule has 3 aliphatic rings. The van der Waals surface area contributed by atoms with Crippen molar-refractivity contribution in [2.75, 3.05) is 52.1 Å². The smallest absolute Gasteiger partial charge is 0.242 e. The second kappa shape index (κ2) is 13.6. The molecule has 44 heavy (non-hydrogen) atoms. The van der Waals surface area contributed by atoms with E-state index in [1.807, 2.05) is 11.8 Å². The first kappa shape index (κ1) is 33.1. The highest BCUT2D eigenvalue weighted by Crippen LogP contribution is 2.26. The molecule has 0 aliphatic carbocycles. The van der Waals surface area contributed by atoms with Crippen molar-refractivity contribution in [1.82, 2.24) is 23.7 Å². The van der Waals surface area contributed by atoms with Gasteiger partial charge in [0.15, 0.2) is 0 Å². The quantitative estimate of drug-likeness (QED) is 0.390. The fraction of sp³-hybridized carbons (Fsp3) is 0.600. The minimum Gasteiger partial charge on any atom is -0.337 e. The Morgan fingerprint density at radius 1 is 1.00 bits per heavy atom. The molecular weight excluding hydrogens is 626 g/mol. The van der Waals surface area contributed by atoms with Gasteiger partial charge >= 0.3 is 0 Å². The van der Waals surface area contributed by atoms with Crippen LogP contribution in [0.4, 0.5) is 0 Å². The predicted molar refractivity (Wildman–Crippen MR) is 170 cm³/mol. The number of amides is 2. The van der Waals surface area contributed by atoms with Gasteiger partial charge in [0.2, 0.25) is 31.9 Å². The first-order valence-corrected chi connectivity index (χ1v) is 18.8. The van der Waals surface area contributed by atoms with E-state index in [1.54, 1.807) is 37.4 Å². The van der Waals surface area contributed by atoms with E-state index in [-0.39, 0.29) is 35.2 Å². The summed E-state index contributed by atoms with van der Waals surface area (Å²) >= 11 is 6.05. The molecule has 3 fully saturated rings. The highest BCUT2D eigenvalue weighted by atomic mass is 35.5. The Labute approximate surface area is 265 Å². The Morgan fingerprint density at radius 2 is 1.73 bits per heavy atom. The standard InChI is InChI=1S/C30H42ClN5O6S2/c1-3-16-43(39,40)33(2)25-12-15-34(19-25)20-26-6-4-14-36(26)29(37)21-35-13-5-7-28(30(35)38)32-44(41,42)27-11-9-22-17-24(31)10-8-23(22)18-27/h8-11,17-18,25-26,28,32H,3-7,12-16,19-21H2,1-2H3. The number of piperidine rings is 1. The van der Waals surface area contributed by atoms with Crippen LogP contribution in [0.1, 0.15) is 45.4 Å². The molecule has 0 spiro atoms. The monoisotopic (exact) mass is 667 g/mol. The maximum Gasteiger partial charge on any atom is 0.242 e. The number of likely N-dealkylation sites (N-methyl/N-ethyl adjacent to an activating group) is 1. The lowest BCUT2D eigenvalue weighted by atomic mass is 10.1. The summed E-state index contributed by atoms with van der Waals surface area (Å²) in [4.78, 5) is 32.4. The Morgan fingerprint density at radius 3 is 2.50 bits per heavy atom. The Hall–Kier alpha value is -2.29. The van der Waals surface area contributed by atoms with Gasteiger partial charge in [-0.3, -0.25) is 14.5 Å². The number of hydrogen-bond acceptors (Lipinski definition) is 7. The molecule has 3 atom stereocenters. The summed E-state index contributed by atoms with van der Waals surface area (Å²) in [5.74, 6) is -0.396. The van der Waals surface area contributed by atoms with Crippen LogP contribution in [0.25, 0.3) is 10.8 Å². The third kappa shape index (κ3) is 7.39. The molecule has 0 saturated carbocycles. The van der Waals surface area contributed by atoms with Crippen molar-refractivity contribution in [2.24, 2.45) is 0 Å². The Bertz CT molecular complexity index is 1600. The number of rotatable bonds is 11. The molecule has 0 bridgehead atoms. The van der Waals surface area contributed by atoms with Gasteiger partial charge in [0.25, 0.3) is 0 Å². The van der Waals surface area contributed by atoms with Crippen LogP contribution < -0.4 is 4.72 Å². The summed E-state index contributed by atoms with van der Waals surface area (Å²) in [6.45, 7) is 4.84. The molecule has 2 aromatic carbocycles. The fourth-order valence-electron chi connectivity index (χ4n) is 6.63. The van der Waals surface area contributed by atoms with E-state index in [9.17, 15) is 26.4 Å². The number of hydrogen-bond donors (Lipinski definition) is 1. The van der Waals surface area contributed by atoms with Crippen LogP contribution in [0.2, 0.25) is 5.02 Å². The summed E-state index contributed by atoms with van der Waals surface area (Å²) in [6.07, 6.45) is 3.99. The van der Waals surface area contributed by atoms with Crippen molar-refractivity contribution >= 4 is 54.2 Å². The average Bonchev–Trinajstić information content (AvgIpc) is 3.64. The van der Waals surface area contributed by atoms with E-state index >= 15 is 0 Å². The van der Waals surface area contributed by atoms with Crippen molar-refractivity contribution in [1.29, 1.82) is 0 Å². The van der Waals surface area contributed by atoms with Gasteiger partial charge in [0.05, 0.1) is 17.2 Å². The Kier molecular flexibility index (Phi) is 10.2. The number of sulfonamides is 2. The van der Waals surface area contributed by atoms with Gasteiger partial charge in [0, 0.05) is 50.3 Å². The van der Waals surface area contributed by atoms with E-state index < -0.39 is 32.0 Å². The summed E-state index contributed by atoms with van der Waals surface area (Å²) in [6, 6.07) is 8.92. The first-order chi connectivity index (χ1) is 20.9. The third-order valence-corrected chi connectivity index (χ3v) is 12.9. The molecule has 1 N–H and O–H groups in total. The predicted octanol–water partition coefficient (Wildman–Crippen LogP) is 2.50. The molecule has 2 aromatic rings. The lowest BCUT2D eigenvalue weighted by Gasteiger charge is -2.35. The number of nitrogens with zero attached hydrogens (tertiary/aromatic N) is 4. The lowest BCUT2D eigenvalue weighted by molar-refractivity contribution is -0.143. The molecule has 242 valence electrons. The number of fused-ring (bicyclic) bond motifs is 1. The molecule has 3 heterocycles. The maximum atomic E-state index is 13.5. The molecule has 5 rings (SSSR count). The highest BCUT2D eigenvalue weighted by molar-refractivity contribution is 7.89. The molecule has 14 heteroatoms. The summed E-state index contributed by atoms with van der Waals surface area (Å²) in [5, 5.41) is 2.09. The number of nitrogens with one attached hydrogen (secondary N) is 1. The van der Waals surface area contributed by atoms with Crippen molar-refractivity contribution in [3.8, 4) is 0 Å². The summed E-state index contributed by atoms with van der Waals surface area (Å²) < 4.78 is 55.6. The van der Waals surface area contributed by atoms with Crippen LogP contribution in [0.15, 0.2) is 41.3 Å². The second-order valence-electron chi connectivity index (χ2n) is 12.1. The number of halogens is 1. The van der Waals surface area contributed by atoms with Crippen LogP contribution in [0, 0.1) is 0 Å². The van der Waals surface area contributed by atoms with Crippen LogP contribution in [0.3, 0.4) is 0 Å². The van der Waals surface area contributed by atoms with Crippen molar-refractivity contribution < 1.29 is 26.4 Å². The molecule has 0 radical (unpaired) electrons. The zero-order valence-corrected chi connectivity index (χ0v) is 27.7. The molecule has 3 unspecified atom stereocenters. The van der Waals surface area contributed by atoms with Gasteiger partial charge in [-0.2, -0.15) is 4.72 Å². The topological polar surface area (TPSA) is 127 Å². The van der Waals surface area contributed by atoms with Crippen LogP contribution in [0.5, 0.6) is 0 Å². The molecule has 2 amide bonds. The van der Waals surface area contributed by atoms with Gasteiger partial charge in [-0.1, -0.05) is 30.7 Å². The van der Waals surface area contributed by atoms with Gasteiger partial charge in [-0.25, -0.2) is 21.1 Å². The van der Waals surface area contributed by atoms with Crippen LogP contribution in [-0.2, 0) is 29.6 Å². The van der Waals surface area contributed by atoms with E-state index in [0.29, 0.717) is 50.5 Å². The molecule has 0 aromatic heterocycles. The number of likely N-dealkylation sites (tertiary alicyclic amines) is 3. The highest BCUT2D eigenvalue weighted by Gasteiger charge is 2.38. The van der Waals surface area contributed by atoms with E-state index in [0.717, 1.165) is 36.6 Å². The maximum absolute atomic E-state index is 13.5. The third-order valence-electron chi connectivity index (χ3n) is 9.07. The largest absolute Gasteiger partial charge is 0.337 e. The normalized spacial score (nSPS) is 23.7. The lowest BCUT2D eigenvalue weighted by Crippen LogP contribution is -2.55. The van der Waals surface area contributed by atoms with Crippen LogP contribution in [-0.4, -0.2) is 118 Å². The van der Waals surface area contributed by atoms with Crippen LogP contribution >= 0.6 is 11.6 Å². The van der Waals surface area contributed by atoms with E-state index in [4.69, 9.17) is 11.6 Å². The number of carbonyl (C=O) groups excluding carboxylic acids is 2. The van der Waals surface area contributed by atoms with E-state index in [1.165, 1.54) is 15.3 Å². The second-order valence-corrected chi connectivity index (χ2v) is 16.4. The fourth-order valence-corrected chi connectivity index (χ4v) is 9.50. The average molecular weight is 668 g/mol. The zero-order valence-electron chi connectivity index (χ0n) is 25.3. The van der Waals surface area contributed by atoms with Gasteiger partial charge in [-0.05, 0) is 80.1 Å². The Balaban J connectivity index is 1.17. The molecular formula is C30H42ClN5O6S2. The molecule has 3 saturated heterocycles. The molecule has 3 aliphatic heterocycles. The van der Waals surface area contributed by atoms with Crippen molar-refractivity contribution in [3.05, 3.63) is 41.4 Å².